The number of likely N-dealkylation sites (tertiary alicyclic amines) is 1. The number of carbonyl (C=O) groups is 1. The molecule has 1 aliphatic rings. The normalized spacial score (nSPS) is 16.6. The number of nitrogens with one attached hydrogen (secondary N) is 1. The highest BCUT2D eigenvalue weighted by molar-refractivity contribution is 7.20. The number of fused-ring (bicyclic) bond motifs is 2. The zero-order chi connectivity index (χ0) is 20.5. The summed E-state index contributed by atoms with van der Waals surface area (Å²) < 4.78 is 12.8. The van der Waals surface area contributed by atoms with Crippen molar-refractivity contribution >= 4 is 38.4 Å². The molecule has 7 heteroatoms. The molecule has 0 spiro atoms. The Bertz CT molecular complexity index is 1170. The largest absolute Gasteiger partial charge is 0.464 e. The van der Waals surface area contributed by atoms with Crippen molar-refractivity contribution in [2.75, 3.05) is 13.1 Å². The number of ether oxygens (including phenoxy) is 1. The lowest BCUT2D eigenvalue weighted by atomic mass is 10.1. The third-order valence-corrected chi connectivity index (χ3v) is 6.50. The first-order chi connectivity index (χ1) is 14.7. The number of aromatic nitrogens is 1. The molecule has 1 fully saturated rings. The van der Waals surface area contributed by atoms with E-state index in [0.29, 0.717) is 17.5 Å². The van der Waals surface area contributed by atoms with Crippen LogP contribution in [0.1, 0.15) is 25.3 Å². The molecule has 1 saturated heterocycles. The minimum atomic E-state index is 0.161. The number of nitrogens with zero attached hydrogens (tertiary/aromatic N) is 2. The van der Waals surface area contributed by atoms with Crippen LogP contribution in [0.5, 0.6) is 10.9 Å². The number of carbonyl (C=O) groups excluding carboxylic acids is 1. The lowest BCUT2D eigenvalue weighted by Crippen LogP contribution is -2.40. The number of hydrogen-bond acceptors (Lipinski definition) is 6. The summed E-state index contributed by atoms with van der Waals surface area (Å²) in [5.74, 6) is 0.868. The van der Waals surface area contributed by atoms with Crippen molar-refractivity contribution in [2.45, 2.75) is 32.4 Å². The Hall–Kier alpha value is -2.90. The van der Waals surface area contributed by atoms with Crippen molar-refractivity contribution in [1.29, 1.82) is 0 Å². The summed E-state index contributed by atoms with van der Waals surface area (Å²) in [7, 11) is 0. The topological polar surface area (TPSA) is 67.6 Å². The average Bonchev–Trinajstić information content (AvgIpc) is 3.46. The van der Waals surface area contributed by atoms with Gasteiger partial charge in [0.2, 0.25) is 5.91 Å². The maximum Gasteiger partial charge on any atom is 0.279 e. The average molecular weight is 422 g/mol. The highest BCUT2D eigenvalue weighted by atomic mass is 32.1. The first-order valence-electron chi connectivity index (χ1n) is 10.2. The molecule has 0 aliphatic carbocycles. The molecule has 0 bridgehead atoms. The van der Waals surface area contributed by atoms with E-state index in [9.17, 15) is 4.79 Å². The SMILES string of the molecule is CC(=O)N1CCCC1CNCc1coc2cc(Oc3nc4ccccc4s3)ccc12. The van der Waals surface area contributed by atoms with E-state index in [1.165, 1.54) is 11.3 Å². The maximum absolute atomic E-state index is 11.7. The Kier molecular flexibility index (Phi) is 5.14. The Balaban J connectivity index is 1.25. The van der Waals surface area contributed by atoms with Gasteiger partial charge < -0.3 is 19.4 Å². The van der Waals surface area contributed by atoms with Crippen molar-refractivity contribution in [3.63, 3.8) is 0 Å². The second-order valence-electron chi connectivity index (χ2n) is 7.61. The molecule has 5 rings (SSSR count). The van der Waals surface area contributed by atoms with Gasteiger partial charge in [0.25, 0.3) is 5.19 Å². The van der Waals surface area contributed by atoms with Crippen molar-refractivity contribution in [3.8, 4) is 10.9 Å². The van der Waals surface area contributed by atoms with Gasteiger partial charge in [-0.25, -0.2) is 4.98 Å². The maximum atomic E-state index is 11.7. The van der Waals surface area contributed by atoms with Crippen LogP contribution in [-0.2, 0) is 11.3 Å². The molecule has 1 amide bonds. The van der Waals surface area contributed by atoms with Crippen molar-refractivity contribution in [3.05, 3.63) is 54.3 Å². The molecular formula is C23H23N3O3S. The number of furan rings is 1. The van der Waals surface area contributed by atoms with Crippen LogP contribution in [0.25, 0.3) is 21.2 Å². The predicted molar refractivity (Wildman–Crippen MR) is 118 cm³/mol. The molecule has 0 saturated carbocycles. The van der Waals surface area contributed by atoms with E-state index < -0.39 is 0 Å². The van der Waals surface area contributed by atoms with Gasteiger partial charge in [0.05, 0.1) is 16.5 Å². The second-order valence-corrected chi connectivity index (χ2v) is 8.60. The zero-order valence-electron chi connectivity index (χ0n) is 16.8. The second kappa shape index (κ2) is 8.08. The van der Waals surface area contributed by atoms with Gasteiger partial charge in [0.15, 0.2) is 0 Å². The monoisotopic (exact) mass is 421 g/mol. The van der Waals surface area contributed by atoms with Crippen LogP contribution in [0.2, 0.25) is 0 Å². The molecule has 2 aromatic heterocycles. The van der Waals surface area contributed by atoms with Gasteiger partial charge in [-0.1, -0.05) is 23.5 Å². The van der Waals surface area contributed by atoms with E-state index in [4.69, 9.17) is 9.15 Å². The van der Waals surface area contributed by atoms with Crippen LogP contribution in [0.15, 0.2) is 53.1 Å². The Morgan fingerprint density at radius 1 is 1.33 bits per heavy atom. The van der Waals surface area contributed by atoms with Gasteiger partial charge in [-0.05, 0) is 37.1 Å². The van der Waals surface area contributed by atoms with Gasteiger partial charge in [-0.15, -0.1) is 0 Å². The predicted octanol–water partition coefficient (Wildman–Crippen LogP) is 4.94. The molecular weight excluding hydrogens is 398 g/mol. The molecule has 1 unspecified atom stereocenters. The summed E-state index contributed by atoms with van der Waals surface area (Å²) >= 11 is 1.53. The minimum absolute atomic E-state index is 0.161. The van der Waals surface area contributed by atoms with E-state index in [-0.39, 0.29) is 11.9 Å². The van der Waals surface area contributed by atoms with Crippen molar-refractivity contribution in [2.24, 2.45) is 0 Å². The standard InChI is InChI=1S/C23H23N3O3S/c1-15(27)26-10-4-5-17(26)13-24-12-16-14-28-21-11-18(8-9-19(16)21)29-23-25-20-6-2-3-7-22(20)30-23/h2-3,6-9,11,14,17,24H,4-5,10,12-13H2,1H3. The fourth-order valence-corrected chi connectivity index (χ4v) is 4.93. The van der Waals surface area contributed by atoms with Gasteiger partial charge >= 0.3 is 0 Å². The number of para-hydroxylation sites is 1. The number of rotatable bonds is 6. The van der Waals surface area contributed by atoms with Crippen molar-refractivity contribution < 1.29 is 13.9 Å². The van der Waals surface area contributed by atoms with E-state index in [0.717, 1.165) is 52.7 Å². The van der Waals surface area contributed by atoms with Crippen LogP contribution < -0.4 is 10.1 Å². The van der Waals surface area contributed by atoms with Crippen molar-refractivity contribution in [1.82, 2.24) is 15.2 Å². The molecule has 30 heavy (non-hydrogen) atoms. The quantitative estimate of drug-likeness (QED) is 0.478. The fourth-order valence-electron chi connectivity index (χ4n) is 4.10. The third kappa shape index (κ3) is 3.78. The Labute approximate surface area is 178 Å². The summed E-state index contributed by atoms with van der Waals surface area (Å²) in [4.78, 5) is 18.2. The van der Waals surface area contributed by atoms with Gasteiger partial charge in [0.1, 0.15) is 11.3 Å². The summed E-state index contributed by atoms with van der Waals surface area (Å²) in [6.45, 7) is 4.02. The summed E-state index contributed by atoms with van der Waals surface area (Å²) in [6.07, 6.45) is 3.93. The lowest BCUT2D eigenvalue weighted by Gasteiger charge is -2.23. The van der Waals surface area contributed by atoms with Gasteiger partial charge in [-0.2, -0.15) is 0 Å². The molecule has 6 nitrogen and oxygen atoms in total. The fraction of sp³-hybridized carbons (Fsp3) is 0.304. The third-order valence-electron chi connectivity index (χ3n) is 5.58. The summed E-state index contributed by atoms with van der Waals surface area (Å²) in [5.41, 5.74) is 2.83. The molecule has 2 aromatic carbocycles. The van der Waals surface area contributed by atoms with E-state index >= 15 is 0 Å². The van der Waals surface area contributed by atoms with Crippen LogP contribution >= 0.6 is 11.3 Å². The smallest absolute Gasteiger partial charge is 0.279 e. The van der Waals surface area contributed by atoms with Crippen LogP contribution in [-0.4, -0.2) is 34.9 Å². The lowest BCUT2D eigenvalue weighted by molar-refractivity contribution is -0.129. The number of benzene rings is 2. The molecule has 1 N–H and O–H groups in total. The molecule has 3 heterocycles. The summed E-state index contributed by atoms with van der Waals surface area (Å²) in [5, 5.41) is 5.17. The van der Waals surface area contributed by atoms with Crippen LogP contribution in [0, 0.1) is 0 Å². The Morgan fingerprint density at radius 3 is 3.10 bits per heavy atom. The Morgan fingerprint density at radius 2 is 2.23 bits per heavy atom. The number of amides is 1. The molecule has 154 valence electrons. The molecule has 1 aliphatic heterocycles. The minimum Gasteiger partial charge on any atom is -0.464 e. The highest BCUT2D eigenvalue weighted by Crippen LogP contribution is 2.33. The first-order valence-corrected chi connectivity index (χ1v) is 11.0. The zero-order valence-corrected chi connectivity index (χ0v) is 17.6. The molecule has 1 atom stereocenters. The number of hydrogen-bond donors (Lipinski definition) is 1. The van der Waals surface area contributed by atoms with Gasteiger partial charge in [-0.3, -0.25) is 4.79 Å². The van der Waals surface area contributed by atoms with E-state index in [2.05, 4.69) is 10.3 Å². The molecule has 0 radical (unpaired) electrons. The van der Waals surface area contributed by atoms with E-state index in [1.54, 1.807) is 13.2 Å². The highest BCUT2D eigenvalue weighted by Gasteiger charge is 2.25. The first kappa shape index (κ1) is 19.1. The van der Waals surface area contributed by atoms with Crippen LogP contribution in [0.4, 0.5) is 0 Å². The van der Waals surface area contributed by atoms with Gasteiger partial charge in [0, 0.05) is 49.6 Å². The van der Waals surface area contributed by atoms with E-state index in [1.807, 2.05) is 47.4 Å². The van der Waals surface area contributed by atoms with Crippen LogP contribution in [0.3, 0.4) is 0 Å². The molecule has 4 aromatic rings. The summed E-state index contributed by atoms with van der Waals surface area (Å²) in [6, 6.07) is 14.1. The number of thiazole rings is 1.